The molecule has 82 valence electrons. The van der Waals surface area contributed by atoms with Crippen molar-refractivity contribution in [2.45, 2.75) is 64.1 Å². The predicted octanol–water partition coefficient (Wildman–Crippen LogP) is 4.77. The smallest absolute Gasteiger partial charge is 0.0208 e. The fourth-order valence-electron chi connectivity index (χ4n) is 3.08. The lowest BCUT2D eigenvalue weighted by Gasteiger charge is -2.39. The first kappa shape index (κ1) is 11.0. The van der Waals surface area contributed by atoms with Crippen LogP contribution >= 0.6 is 15.9 Å². The van der Waals surface area contributed by atoms with Gasteiger partial charge in [0, 0.05) is 4.83 Å². The first-order chi connectivity index (χ1) is 6.50. The van der Waals surface area contributed by atoms with E-state index in [0.29, 0.717) is 5.41 Å². The van der Waals surface area contributed by atoms with E-state index in [1.807, 2.05) is 0 Å². The van der Waals surface area contributed by atoms with Gasteiger partial charge in [-0.15, -0.1) is 0 Å². The van der Waals surface area contributed by atoms with Gasteiger partial charge in [0.05, 0.1) is 0 Å². The molecule has 2 rings (SSSR count). The van der Waals surface area contributed by atoms with Crippen molar-refractivity contribution in [3.8, 4) is 0 Å². The van der Waals surface area contributed by atoms with Crippen LogP contribution < -0.4 is 0 Å². The van der Waals surface area contributed by atoms with Gasteiger partial charge < -0.3 is 0 Å². The number of halogens is 1. The highest BCUT2D eigenvalue weighted by molar-refractivity contribution is 9.09. The highest BCUT2D eigenvalue weighted by atomic mass is 79.9. The Morgan fingerprint density at radius 1 is 1.29 bits per heavy atom. The lowest BCUT2D eigenvalue weighted by molar-refractivity contribution is 0.122. The molecule has 0 N–H and O–H groups in total. The van der Waals surface area contributed by atoms with Crippen molar-refractivity contribution in [3.05, 3.63) is 0 Å². The average molecular weight is 259 g/mol. The SMILES string of the molecule is CCC(C)(C)C1CCC2(CC1)CC2Br. The largest absolute Gasteiger partial charge is 0.0884 e. The van der Waals surface area contributed by atoms with Crippen LogP contribution in [0.1, 0.15) is 59.3 Å². The summed E-state index contributed by atoms with van der Waals surface area (Å²) in [6, 6.07) is 0. The van der Waals surface area contributed by atoms with Crippen LogP contribution in [0.5, 0.6) is 0 Å². The van der Waals surface area contributed by atoms with Crippen molar-refractivity contribution < 1.29 is 0 Å². The van der Waals surface area contributed by atoms with E-state index in [0.717, 1.165) is 16.2 Å². The van der Waals surface area contributed by atoms with Crippen LogP contribution in [0.2, 0.25) is 0 Å². The summed E-state index contributed by atoms with van der Waals surface area (Å²) in [5.41, 5.74) is 1.33. The minimum absolute atomic E-state index is 0.582. The minimum Gasteiger partial charge on any atom is -0.0884 e. The number of hydrogen-bond acceptors (Lipinski definition) is 0. The molecular weight excluding hydrogens is 236 g/mol. The number of alkyl halides is 1. The Labute approximate surface area is 97.0 Å². The molecule has 0 heterocycles. The summed E-state index contributed by atoms with van der Waals surface area (Å²) in [5, 5.41) is 0. The molecule has 2 fully saturated rings. The van der Waals surface area contributed by atoms with Crippen molar-refractivity contribution >= 4 is 15.9 Å². The van der Waals surface area contributed by atoms with E-state index < -0.39 is 0 Å². The van der Waals surface area contributed by atoms with E-state index in [4.69, 9.17) is 0 Å². The molecule has 0 aromatic heterocycles. The quantitative estimate of drug-likeness (QED) is 0.627. The molecule has 0 aliphatic heterocycles. The van der Waals surface area contributed by atoms with Crippen LogP contribution in [0, 0.1) is 16.7 Å². The molecule has 1 unspecified atom stereocenters. The van der Waals surface area contributed by atoms with E-state index in [1.54, 1.807) is 0 Å². The van der Waals surface area contributed by atoms with Crippen LogP contribution in [-0.2, 0) is 0 Å². The van der Waals surface area contributed by atoms with Crippen molar-refractivity contribution in [2.75, 3.05) is 0 Å². The zero-order chi connectivity index (χ0) is 10.4. The standard InChI is InChI=1S/C13H23Br/c1-4-12(2,3)10-5-7-13(8-6-10)9-11(13)14/h10-11H,4-9H2,1-3H3. The Balaban J connectivity index is 1.90. The third kappa shape index (κ3) is 1.77. The lowest BCUT2D eigenvalue weighted by atomic mass is 9.67. The minimum atomic E-state index is 0.582. The molecule has 1 spiro atoms. The van der Waals surface area contributed by atoms with Crippen LogP contribution in [0.25, 0.3) is 0 Å². The lowest BCUT2D eigenvalue weighted by Crippen LogP contribution is -2.29. The highest BCUT2D eigenvalue weighted by Crippen LogP contribution is 2.62. The Hall–Kier alpha value is 0.480. The summed E-state index contributed by atoms with van der Waals surface area (Å²) in [4.78, 5) is 0.862. The summed E-state index contributed by atoms with van der Waals surface area (Å²) < 4.78 is 0. The molecule has 2 saturated carbocycles. The second kappa shape index (κ2) is 3.50. The van der Waals surface area contributed by atoms with Crippen LogP contribution in [0.3, 0.4) is 0 Å². The topological polar surface area (TPSA) is 0 Å². The Morgan fingerprint density at radius 3 is 2.14 bits per heavy atom. The van der Waals surface area contributed by atoms with Crippen molar-refractivity contribution in [1.29, 1.82) is 0 Å². The first-order valence-corrected chi connectivity index (χ1v) is 7.06. The summed E-state index contributed by atoms with van der Waals surface area (Å²) in [5.74, 6) is 0.985. The molecule has 1 heteroatoms. The third-order valence-corrected chi connectivity index (χ3v) is 6.38. The van der Waals surface area contributed by atoms with Crippen LogP contribution in [0.4, 0.5) is 0 Å². The van der Waals surface area contributed by atoms with Gasteiger partial charge in [0.25, 0.3) is 0 Å². The fourth-order valence-corrected chi connectivity index (χ4v) is 4.18. The van der Waals surface area contributed by atoms with Crippen LogP contribution in [-0.4, -0.2) is 4.83 Å². The third-order valence-electron chi connectivity index (χ3n) is 5.09. The normalized spacial score (nSPS) is 42.9. The molecule has 14 heavy (non-hydrogen) atoms. The second-order valence-electron chi connectivity index (χ2n) is 6.15. The molecule has 0 radical (unpaired) electrons. The van der Waals surface area contributed by atoms with Gasteiger partial charge in [0.2, 0.25) is 0 Å². The van der Waals surface area contributed by atoms with E-state index >= 15 is 0 Å². The maximum absolute atomic E-state index is 3.79. The monoisotopic (exact) mass is 258 g/mol. The van der Waals surface area contributed by atoms with Gasteiger partial charge >= 0.3 is 0 Å². The van der Waals surface area contributed by atoms with Gasteiger partial charge in [-0.05, 0) is 48.9 Å². The Bertz CT molecular complexity index is 211. The second-order valence-corrected chi connectivity index (χ2v) is 7.26. The molecule has 2 aliphatic carbocycles. The maximum Gasteiger partial charge on any atom is 0.0208 e. The molecule has 1 atom stereocenters. The average Bonchev–Trinajstić information content (AvgIpc) is 2.77. The molecular formula is C13H23Br. The molecule has 0 saturated heterocycles. The van der Waals surface area contributed by atoms with Crippen molar-refractivity contribution in [2.24, 2.45) is 16.7 Å². The maximum atomic E-state index is 3.79. The summed E-state index contributed by atoms with van der Waals surface area (Å²) in [7, 11) is 0. The number of hydrogen-bond donors (Lipinski definition) is 0. The zero-order valence-corrected chi connectivity index (χ0v) is 11.4. The fraction of sp³-hybridized carbons (Fsp3) is 1.00. The first-order valence-electron chi connectivity index (χ1n) is 6.14. The molecule has 0 amide bonds. The Kier molecular flexibility index (Phi) is 2.75. The van der Waals surface area contributed by atoms with Gasteiger partial charge in [0.15, 0.2) is 0 Å². The highest BCUT2D eigenvalue weighted by Gasteiger charge is 2.54. The molecule has 0 bridgehead atoms. The van der Waals surface area contributed by atoms with E-state index in [9.17, 15) is 0 Å². The van der Waals surface area contributed by atoms with E-state index in [2.05, 4.69) is 36.7 Å². The summed E-state index contributed by atoms with van der Waals surface area (Å²) >= 11 is 3.79. The zero-order valence-electron chi connectivity index (χ0n) is 9.78. The van der Waals surface area contributed by atoms with Crippen molar-refractivity contribution in [3.63, 3.8) is 0 Å². The van der Waals surface area contributed by atoms with E-state index in [-0.39, 0.29) is 0 Å². The van der Waals surface area contributed by atoms with Gasteiger partial charge in [-0.2, -0.15) is 0 Å². The van der Waals surface area contributed by atoms with Gasteiger partial charge in [0.1, 0.15) is 0 Å². The predicted molar refractivity (Wildman–Crippen MR) is 65.8 cm³/mol. The number of rotatable bonds is 2. The van der Waals surface area contributed by atoms with Gasteiger partial charge in [-0.25, -0.2) is 0 Å². The molecule has 0 aromatic rings. The van der Waals surface area contributed by atoms with Crippen molar-refractivity contribution in [1.82, 2.24) is 0 Å². The summed E-state index contributed by atoms with van der Waals surface area (Å²) in [6.45, 7) is 7.25. The molecule has 2 aliphatic rings. The molecule has 0 nitrogen and oxygen atoms in total. The van der Waals surface area contributed by atoms with E-state index in [1.165, 1.54) is 38.5 Å². The van der Waals surface area contributed by atoms with Gasteiger partial charge in [-0.1, -0.05) is 43.1 Å². The Morgan fingerprint density at radius 2 is 1.79 bits per heavy atom. The molecule has 0 aromatic carbocycles. The van der Waals surface area contributed by atoms with Gasteiger partial charge in [-0.3, -0.25) is 0 Å². The van der Waals surface area contributed by atoms with Crippen LogP contribution in [0.15, 0.2) is 0 Å². The summed E-state index contributed by atoms with van der Waals surface area (Å²) in [6.07, 6.45) is 8.70.